The van der Waals surface area contributed by atoms with Crippen LogP contribution in [0.15, 0.2) is 18.2 Å². The first-order valence-electron chi connectivity index (χ1n) is 4.58. The largest absolute Gasteiger partial charge is 0.487 e. The lowest BCUT2D eigenvalue weighted by atomic mass is 10.1. The first kappa shape index (κ1) is 12.3. The Hall–Kier alpha value is -0.800. The molecule has 0 unspecified atom stereocenters. The molecule has 0 bridgehead atoms. The first-order valence-corrected chi connectivity index (χ1v) is 5.36. The van der Waals surface area contributed by atoms with Gasteiger partial charge in [-0.05, 0) is 39.0 Å². The third-order valence-electron chi connectivity index (χ3n) is 1.62. The maximum atomic E-state index is 5.86. The van der Waals surface area contributed by atoms with E-state index in [0.29, 0.717) is 16.3 Å². The van der Waals surface area contributed by atoms with Crippen molar-refractivity contribution in [3.63, 3.8) is 0 Å². The van der Waals surface area contributed by atoms with Crippen molar-refractivity contribution in [3.05, 3.63) is 28.8 Å². The summed E-state index contributed by atoms with van der Waals surface area (Å²) >= 11 is 10.8. The highest BCUT2D eigenvalue weighted by atomic mass is 35.5. The predicted octanol–water partition coefficient (Wildman–Crippen LogP) is 3.15. The second-order valence-corrected chi connectivity index (χ2v) is 5.10. The third kappa shape index (κ3) is 3.68. The van der Waals surface area contributed by atoms with Gasteiger partial charge in [-0.25, -0.2) is 0 Å². The maximum absolute atomic E-state index is 5.86. The molecule has 0 saturated heterocycles. The number of rotatable bonds is 2. The van der Waals surface area contributed by atoms with Crippen LogP contribution in [0.1, 0.15) is 26.3 Å². The van der Waals surface area contributed by atoms with Crippen molar-refractivity contribution in [3.8, 4) is 5.75 Å². The van der Waals surface area contributed by atoms with Crippen LogP contribution in [0.25, 0.3) is 0 Å². The summed E-state index contributed by atoms with van der Waals surface area (Å²) in [7, 11) is 0. The van der Waals surface area contributed by atoms with Crippen LogP contribution < -0.4 is 10.5 Å². The van der Waals surface area contributed by atoms with Gasteiger partial charge in [0.05, 0.1) is 5.56 Å². The van der Waals surface area contributed by atoms with Gasteiger partial charge in [0, 0.05) is 5.02 Å². The molecule has 0 aromatic heterocycles. The van der Waals surface area contributed by atoms with Gasteiger partial charge in [0.1, 0.15) is 16.3 Å². The van der Waals surface area contributed by atoms with E-state index in [-0.39, 0.29) is 10.6 Å². The zero-order valence-corrected chi connectivity index (χ0v) is 10.6. The molecule has 0 aliphatic heterocycles. The van der Waals surface area contributed by atoms with Gasteiger partial charge in [0.15, 0.2) is 0 Å². The van der Waals surface area contributed by atoms with Crippen LogP contribution >= 0.6 is 23.8 Å². The van der Waals surface area contributed by atoms with Gasteiger partial charge in [0.2, 0.25) is 0 Å². The lowest BCUT2D eigenvalue weighted by Gasteiger charge is -2.23. The van der Waals surface area contributed by atoms with Crippen LogP contribution in [0.2, 0.25) is 5.02 Å². The Bertz CT molecular complexity index is 385. The van der Waals surface area contributed by atoms with Crippen LogP contribution in [0, 0.1) is 0 Å². The highest BCUT2D eigenvalue weighted by Crippen LogP contribution is 2.26. The van der Waals surface area contributed by atoms with Gasteiger partial charge in [0.25, 0.3) is 0 Å². The third-order valence-corrected chi connectivity index (χ3v) is 2.08. The molecule has 2 N–H and O–H groups in total. The van der Waals surface area contributed by atoms with Crippen molar-refractivity contribution in [2.75, 3.05) is 0 Å². The average Bonchev–Trinajstić information content (AvgIpc) is 2.05. The van der Waals surface area contributed by atoms with Crippen molar-refractivity contribution in [2.45, 2.75) is 26.4 Å². The molecular formula is C11H14ClNOS. The van der Waals surface area contributed by atoms with Gasteiger partial charge < -0.3 is 10.5 Å². The topological polar surface area (TPSA) is 35.2 Å². The summed E-state index contributed by atoms with van der Waals surface area (Å²) in [4.78, 5) is 0.289. The maximum Gasteiger partial charge on any atom is 0.130 e. The first-order chi connectivity index (χ1) is 6.79. The molecule has 0 amide bonds. The van der Waals surface area contributed by atoms with Gasteiger partial charge in [-0.3, -0.25) is 0 Å². The minimum absolute atomic E-state index is 0.284. The molecule has 82 valence electrons. The molecule has 2 nitrogen and oxygen atoms in total. The molecule has 0 heterocycles. The summed E-state index contributed by atoms with van der Waals surface area (Å²) in [5.74, 6) is 0.666. The van der Waals surface area contributed by atoms with Crippen molar-refractivity contribution < 1.29 is 4.74 Å². The molecular weight excluding hydrogens is 230 g/mol. The van der Waals surface area contributed by atoms with E-state index in [1.165, 1.54) is 0 Å². The smallest absolute Gasteiger partial charge is 0.130 e. The quantitative estimate of drug-likeness (QED) is 0.811. The molecule has 1 rings (SSSR count). The molecule has 0 spiro atoms. The van der Waals surface area contributed by atoms with Crippen LogP contribution in [0.3, 0.4) is 0 Å². The number of ether oxygens (including phenoxy) is 1. The number of hydrogen-bond donors (Lipinski definition) is 1. The highest BCUT2D eigenvalue weighted by Gasteiger charge is 2.15. The van der Waals surface area contributed by atoms with E-state index in [9.17, 15) is 0 Å². The van der Waals surface area contributed by atoms with Crippen molar-refractivity contribution >= 4 is 28.8 Å². The second kappa shape index (κ2) is 4.37. The van der Waals surface area contributed by atoms with E-state index < -0.39 is 0 Å². The second-order valence-electron chi connectivity index (χ2n) is 4.22. The van der Waals surface area contributed by atoms with E-state index in [2.05, 4.69) is 0 Å². The predicted molar refractivity (Wildman–Crippen MR) is 67.7 cm³/mol. The lowest BCUT2D eigenvalue weighted by molar-refractivity contribution is 0.130. The summed E-state index contributed by atoms with van der Waals surface area (Å²) in [6.07, 6.45) is 0. The Labute approximate surface area is 100 Å². The van der Waals surface area contributed by atoms with Crippen LogP contribution in [0.4, 0.5) is 0 Å². The van der Waals surface area contributed by atoms with E-state index in [1.54, 1.807) is 18.2 Å². The Morgan fingerprint density at radius 2 is 2.00 bits per heavy atom. The fourth-order valence-corrected chi connectivity index (χ4v) is 1.45. The van der Waals surface area contributed by atoms with Crippen molar-refractivity contribution in [2.24, 2.45) is 5.73 Å². The van der Waals surface area contributed by atoms with Crippen LogP contribution in [-0.4, -0.2) is 10.6 Å². The molecule has 1 aromatic rings. The van der Waals surface area contributed by atoms with Crippen LogP contribution in [-0.2, 0) is 0 Å². The summed E-state index contributed by atoms with van der Waals surface area (Å²) in [5, 5.41) is 0.596. The normalized spacial score (nSPS) is 11.2. The number of benzene rings is 1. The van der Waals surface area contributed by atoms with Crippen molar-refractivity contribution in [1.29, 1.82) is 0 Å². The number of nitrogens with two attached hydrogens (primary N) is 1. The Morgan fingerprint density at radius 1 is 1.40 bits per heavy atom. The van der Waals surface area contributed by atoms with Gasteiger partial charge in [-0.15, -0.1) is 0 Å². The zero-order valence-electron chi connectivity index (χ0n) is 9.00. The minimum Gasteiger partial charge on any atom is -0.487 e. The van der Waals surface area contributed by atoms with Gasteiger partial charge in [-0.1, -0.05) is 23.8 Å². The molecule has 1 aromatic carbocycles. The molecule has 4 heteroatoms. The standard InChI is InChI=1S/C11H14ClNOS/c1-11(2,3)14-9-5-4-7(12)6-8(9)10(13)15/h4-6H,1-3H3,(H2,13,15). The molecule has 0 saturated carbocycles. The number of thiocarbonyl (C=S) groups is 1. The number of hydrogen-bond acceptors (Lipinski definition) is 2. The van der Waals surface area contributed by atoms with Crippen molar-refractivity contribution in [1.82, 2.24) is 0 Å². The lowest BCUT2D eigenvalue weighted by Crippen LogP contribution is -2.25. The highest BCUT2D eigenvalue weighted by molar-refractivity contribution is 7.80. The summed E-state index contributed by atoms with van der Waals surface area (Å²) < 4.78 is 5.72. The summed E-state index contributed by atoms with van der Waals surface area (Å²) in [6, 6.07) is 5.25. The minimum atomic E-state index is -0.284. The van der Waals surface area contributed by atoms with E-state index in [4.69, 9.17) is 34.3 Å². The van der Waals surface area contributed by atoms with E-state index in [1.807, 2.05) is 20.8 Å². The molecule has 0 aliphatic carbocycles. The SMILES string of the molecule is CC(C)(C)Oc1ccc(Cl)cc1C(N)=S. The Kier molecular flexibility index (Phi) is 3.58. The zero-order chi connectivity index (χ0) is 11.6. The fraction of sp³-hybridized carbons (Fsp3) is 0.364. The number of halogens is 1. The molecule has 0 aliphatic rings. The monoisotopic (exact) mass is 243 g/mol. The molecule has 0 fully saturated rings. The molecule has 15 heavy (non-hydrogen) atoms. The van der Waals surface area contributed by atoms with Gasteiger partial charge in [-0.2, -0.15) is 0 Å². The van der Waals surface area contributed by atoms with Crippen LogP contribution in [0.5, 0.6) is 5.75 Å². The van der Waals surface area contributed by atoms with E-state index in [0.717, 1.165) is 0 Å². The van der Waals surface area contributed by atoms with E-state index >= 15 is 0 Å². The molecule has 0 atom stereocenters. The fourth-order valence-electron chi connectivity index (χ4n) is 1.11. The molecule has 0 radical (unpaired) electrons. The Morgan fingerprint density at radius 3 is 2.47 bits per heavy atom. The summed E-state index contributed by atoms with van der Waals surface area (Å²) in [6.45, 7) is 5.89. The average molecular weight is 244 g/mol. The van der Waals surface area contributed by atoms with Gasteiger partial charge >= 0.3 is 0 Å². The Balaban J connectivity index is 3.12. The summed E-state index contributed by atoms with van der Waals surface area (Å²) in [5.41, 5.74) is 5.98.